The number of hydrogen-bond acceptors (Lipinski definition) is 6. The van der Waals surface area contributed by atoms with Crippen molar-refractivity contribution in [3.63, 3.8) is 0 Å². The minimum atomic E-state index is -0.666. The van der Waals surface area contributed by atoms with Crippen molar-refractivity contribution in [1.29, 1.82) is 0 Å². The van der Waals surface area contributed by atoms with Gasteiger partial charge in [-0.25, -0.2) is 0 Å². The molecule has 0 saturated carbocycles. The highest BCUT2D eigenvalue weighted by Gasteiger charge is 2.46. The van der Waals surface area contributed by atoms with E-state index in [0.29, 0.717) is 39.6 Å². The normalized spacial score (nSPS) is 13.4. The molecular formula is C51H50O6. The van der Waals surface area contributed by atoms with Crippen LogP contribution in [0.4, 0.5) is 0 Å². The first-order chi connectivity index (χ1) is 28.0. The van der Waals surface area contributed by atoms with Crippen LogP contribution in [0.15, 0.2) is 171 Å². The van der Waals surface area contributed by atoms with Crippen LogP contribution < -0.4 is 9.47 Å². The molecule has 0 aliphatic heterocycles. The second-order valence-corrected chi connectivity index (χ2v) is 14.1. The van der Waals surface area contributed by atoms with Gasteiger partial charge in [-0.3, -0.25) is 0 Å². The molecule has 0 N–H and O–H groups in total. The Morgan fingerprint density at radius 2 is 0.877 bits per heavy atom. The lowest BCUT2D eigenvalue weighted by Crippen LogP contribution is -2.29. The topological polar surface area (TPSA) is 55.4 Å². The predicted octanol–water partition coefficient (Wildman–Crippen LogP) is 11.3. The van der Waals surface area contributed by atoms with E-state index in [-0.39, 0.29) is 12.2 Å². The molecule has 0 aromatic heterocycles. The smallest absolute Gasteiger partial charge is 0.127 e. The molecule has 2 atom stereocenters. The first kappa shape index (κ1) is 39.2. The summed E-state index contributed by atoms with van der Waals surface area (Å²) in [5, 5.41) is 0. The summed E-state index contributed by atoms with van der Waals surface area (Å²) in [6.45, 7) is 13.8. The minimum Gasteiger partial charge on any atom is -0.499 e. The van der Waals surface area contributed by atoms with Crippen LogP contribution in [-0.4, -0.2) is 51.8 Å². The molecule has 0 heterocycles. The van der Waals surface area contributed by atoms with E-state index >= 15 is 0 Å². The molecule has 2 unspecified atom stereocenters. The zero-order valence-electron chi connectivity index (χ0n) is 32.8. The maximum absolute atomic E-state index is 6.56. The van der Waals surface area contributed by atoms with E-state index in [1.807, 2.05) is 26.0 Å². The number of benzene rings is 6. The summed E-state index contributed by atoms with van der Waals surface area (Å²) in [4.78, 5) is 0. The maximum atomic E-state index is 6.56. The Kier molecular flexibility index (Phi) is 12.9. The Hall–Kier alpha value is -6.08. The van der Waals surface area contributed by atoms with Gasteiger partial charge in [-0.05, 0) is 82.6 Å². The fourth-order valence-corrected chi connectivity index (χ4v) is 7.76. The second kappa shape index (κ2) is 18.7. The van der Waals surface area contributed by atoms with Crippen molar-refractivity contribution in [2.45, 2.75) is 31.5 Å². The Balaban J connectivity index is 1.36. The summed E-state index contributed by atoms with van der Waals surface area (Å²) in [6, 6.07) is 51.8. The fourth-order valence-electron chi connectivity index (χ4n) is 7.76. The van der Waals surface area contributed by atoms with Crippen LogP contribution in [0.1, 0.15) is 36.1 Å². The van der Waals surface area contributed by atoms with Crippen molar-refractivity contribution in [2.24, 2.45) is 0 Å². The third-order valence-corrected chi connectivity index (χ3v) is 10.3. The molecule has 6 heteroatoms. The van der Waals surface area contributed by atoms with Gasteiger partial charge in [0.1, 0.15) is 37.9 Å². The zero-order valence-corrected chi connectivity index (χ0v) is 32.8. The molecule has 1 aliphatic rings. The molecule has 0 radical (unpaired) electrons. The minimum absolute atomic E-state index is 0.139. The Morgan fingerprint density at radius 3 is 1.30 bits per heavy atom. The predicted molar refractivity (Wildman–Crippen MR) is 229 cm³/mol. The summed E-state index contributed by atoms with van der Waals surface area (Å²) >= 11 is 0. The van der Waals surface area contributed by atoms with Crippen LogP contribution in [0.3, 0.4) is 0 Å². The van der Waals surface area contributed by atoms with Crippen LogP contribution in [0, 0.1) is 0 Å². The van der Waals surface area contributed by atoms with E-state index in [1.54, 1.807) is 0 Å². The average Bonchev–Trinajstić information content (AvgIpc) is 3.57. The van der Waals surface area contributed by atoms with Gasteiger partial charge in [0.25, 0.3) is 0 Å². The van der Waals surface area contributed by atoms with Crippen molar-refractivity contribution in [3.8, 4) is 44.9 Å². The average molecular weight is 759 g/mol. The molecule has 6 aromatic rings. The Morgan fingerprint density at radius 1 is 0.474 bits per heavy atom. The SMILES string of the molecule is C=COCCOC(C)COc1ccc(C2(c3ccc(OCC(C)OCCOC=C)c(-c4ccccc4)c3)c3ccccc3-c3ccccc32)cc1-c1ccccc1. The molecule has 1 aliphatic carbocycles. The molecule has 6 aromatic carbocycles. The third-order valence-electron chi connectivity index (χ3n) is 10.3. The molecule has 0 fully saturated rings. The first-order valence-corrected chi connectivity index (χ1v) is 19.6. The van der Waals surface area contributed by atoms with Gasteiger partial charge in [0.05, 0.1) is 43.4 Å². The van der Waals surface area contributed by atoms with Gasteiger partial charge < -0.3 is 28.4 Å². The van der Waals surface area contributed by atoms with E-state index in [4.69, 9.17) is 28.4 Å². The number of rotatable bonds is 20. The van der Waals surface area contributed by atoms with Gasteiger partial charge in [0, 0.05) is 11.1 Å². The standard InChI is InChI=1S/C51H50O6/c1-5-52-29-31-54-37(3)35-56-49-27-25-41(33-45(49)39-17-9-7-10-18-39)51(47-23-15-13-21-43(47)44-22-14-16-24-48(44)51)42-26-28-50(46(34-42)40-19-11-8-12-20-40)57-36-38(4)55-32-30-53-6-2/h5-28,33-34,37-38H,1-2,29-32,35-36H2,3-4H3. The van der Waals surface area contributed by atoms with Crippen LogP contribution >= 0.6 is 0 Å². The molecule has 0 saturated heterocycles. The fraction of sp³-hybridized carbons (Fsp3) is 0.216. The van der Waals surface area contributed by atoms with Crippen molar-refractivity contribution in [2.75, 3.05) is 39.6 Å². The summed E-state index contributed by atoms with van der Waals surface area (Å²) in [7, 11) is 0. The third kappa shape index (κ3) is 8.53. The van der Waals surface area contributed by atoms with Gasteiger partial charge in [-0.1, -0.05) is 134 Å². The van der Waals surface area contributed by atoms with Crippen molar-refractivity contribution < 1.29 is 28.4 Å². The summed E-state index contributed by atoms with van der Waals surface area (Å²) in [6.07, 6.45) is 2.58. The Bertz CT molecular complexity index is 2090. The highest BCUT2D eigenvalue weighted by Crippen LogP contribution is 2.57. The lowest BCUT2D eigenvalue weighted by Gasteiger charge is -2.35. The second-order valence-electron chi connectivity index (χ2n) is 14.1. The molecule has 0 spiro atoms. The summed E-state index contributed by atoms with van der Waals surface area (Å²) in [5.74, 6) is 1.58. The summed E-state index contributed by atoms with van der Waals surface area (Å²) < 4.78 is 35.5. The van der Waals surface area contributed by atoms with E-state index in [0.717, 1.165) is 44.9 Å². The molecule has 0 amide bonds. The Labute approximate surface area is 336 Å². The van der Waals surface area contributed by atoms with Crippen molar-refractivity contribution in [3.05, 3.63) is 194 Å². The molecule has 290 valence electrons. The molecular weight excluding hydrogens is 709 g/mol. The van der Waals surface area contributed by atoms with E-state index < -0.39 is 5.41 Å². The summed E-state index contributed by atoms with van der Waals surface area (Å²) in [5.41, 5.74) is 10.6. The van der Waals surface area contributed by atoms with Crippen LogP contribution in [0.5, 0.6) is 11.5 Å². The van der Waals surface area contributed by atoms with Crippen LogP contribution in [-0.2, 0) is 24.4 Å². The van der Waals surface area contributed by atoms with Crippen molar-refractivity contribution >= 4 is 0 Å². The first-order valence-electron chi connectivity index (χ1n) is 19.6. The van der Waals surface area contributed by atoms with Gasteiger partial charge in [0.2, 0.25) is 0 Å². The van der Waals surface area contributed by atoms with Gasteiger partial charge in [-0.15, -0.1) is 0 Å². The largest absolute Gasteiger partial charge is 0.499 e. The van der Waals surface area contributed by atoms with E-state index in [2.05, 4.69) is 147 Å². The molecule has 57 heavy (non-hydrogen) atoms. The monoisotopic (exact) mass is 758 g/mol. The van der Waals surface area contributed by atoms with Gasteiger partial charge >= 0.3 is 0 Å². The number of fused-ring (bicyclic) bond motifs is 3. The highest BCUT2D eigenvalue weighted by atomic mass is 16.6. The zero-order chi connectivity index (χ0) is 39.5. The van der Waals surface area contributed by atoms with Crippen LogP contribution in [0.2, 0.25) is 0 Å². The molecule has 7 rings (SSSR count). The number of hydrogen-bond donors (Lipinski definition) is 0. The maximum Gasteiger partial charge on any atom is 0.127 e. The van der Waals surface area contributed by atoms with Crippen LogP contribution in [0.25, 0.3) is 33.4 Å². The lowest BCUT2D eigenvalue weighted by atomic mass is 9.67. The quantitative estimate of drug-likeness (QED) is 0.0570. The number of ether oxygens (including phenoxy) is 6. The van der Waals surface area contributed by atoms with Gasteiger partial charge in [-0.2, -0.15) is 0 Å². The lowest BCUT2D eigenvalue weighted by molar-refractivity contribution is 0.0106. The van der Waals surface area contributed by atoms with Gasteiger partial charge in [0.15, 0.2) is 0 Å². The van der Waals surface area contributed by atoms with E-state index in [1.165, 1.54) is 34.8 Å². The molecule has 0 bridgehead atoms. The highest BCUT2D eigenvalue weighted by molar-refractivity contribution is 5.88. The van der Waals surface area contributed by atoms with Crippen molar-refractivity contribution in [1.82, 2.24) is 0 Å². The van der Waals surface area contributed by atoms with E-state index in [9.17, 15) is 0 Å². The molecule has 6 nitrogen and oxygen atoms in total.